The Kier molecular flexibility index (Phi) is 6.75. The predicted molar refractivity (Wildman–Crippen MR) is 81.9 cm³/mol. The zero-order chi connectivity index (χ0) is 12.8. The molecule has 1 heterocycles. The summed E-state index contributed by atoms with van der Waals surface area (Å²) in [6.45, 7) is 6.74. The molecule has 0 aliphatic carbocycles. The highest BCUT2D eigenvalue weighted by atomic mass is 79.9. The first-order chi connectivity index (χ1) is 8.13. The Labute approximate surface area is 118 Å². The Morgan fingerprint density at radius 2 is 1.88 bits per heavy atom. The van der Waals surface area contributed by atoms with Crippen molar-refractivity contribution < 1.29 is 0 Å². The van der Waals surface area contributed by atoms with E-state index in [1.165, 1.54) is 39.9 Å². The van der Waals surface area contributed by atoms with Crippen LogP contribution in [-0.4, -0.2) is 7.05 Å². The van der Waals surface area contributed by atoms with Crippen molar-refractivity contribution in [2.45, 2.75) is 52.5 Å². The van der Waals surface area contributed by atoms with E-state index in [9.17, 15) is 0 Å². The third-order valence-electron chi connectivity index (χ3n) is 3.22. The van der Waals surface area contributed by atoms with Crippen LogP contribution in [0.15, 0.2) is 10.5 Å². The van der Waals surface area contributed by atoms with Crippen LogP contribution < -0.4 is 5.32 Å². The van der Waals surface area contributed by atoms with Crippen LogP contribution in [0.4, 0.5) is 0 Å². The van der Waals surface area contributed by atoms with Gasteiger partial charge in [-0.05, 0) is 54.7 Å². The van der Waals surface area contributed by atoms with Gasteiger partial charge < -0.3 is 5.32 Å². The second-order valence-corrected chi connectivity index (χ2v) is 6.82. The van der Waals surface area contributed by atoms with E-state index in [2.05, 4.69) is 55.1 Å². The van der Waals surface area contributed by atoms with Crippen LogP contribution in [0.5, 0.6) is 0 Å². The van der Waals surface area contributed by atoms with E-state index in [0.717, 1.165) is 5.92 Å². The van der Waals surface area contributed by atoms with Crippen LogP contribution in [0.1, 0.15) is 55.3 Å². The number of rotatable bonds is 7. The molecule has 0 fully saturated rings. The third-order valence-corrected chi connectivity index (χ3v) is 5.27. The first kappa shape index (κ1) is 15.2. The quantitative estimate of drug-likeness (QED) is 0.720. The number of aryl methyl sites for hydroxylation is 1. The van der Waals surface area contributed by atoms with Crippen molar-refractivity contribution in [1.29, 1.82) is 0 Å². The topological polar surface area (TPSA) is 12.0 Å². The summed E-state index contributed by atoms with van der Waals surface area (Å²) in [4.78, 5) is 2.86. The van der Waals surface area contributed by atoms with Gasteiger partial charge in [0.1, 0.15) is 0 Å². The van der Waals surface area contributed by atoms with Gasteiger partial charge in [-0.25, -0.2) is 0 Å². The summed E-state index contributed by atoms with van der Waals surface area (Å²) in [7, 11) is 2.09. The predicted octanol–water partition coefficient (Wildman–Crippen LogP) is 5.30. The molecule has 0 bridgehead atoms. The standard InChI is InChI=1S/C14H24BrNS/c1-5-7-11(8-6-2)13(16-4)14-12(15)9-10(3)17-14/h9,11,13,16H,5-8H2,1-4H3. The van der Waals surface area contributed by atoms with Gasteiger partial charge in [-0.15, -0.1) is 11.3 Å². The fraction of sp³-hybridized carbons (Fsp3) is 0.714. The lowest BCUT2D eigenvalue weighted by atomic mass is 9.89. The summed E-state index contributed by atoms with van der Waals surface area (Å²) < 4.78 is 1.27. The fourth-order valence-electron chi connectivity index (χ4n) is 2.51. The lowest BCUT2D eigenvalue weighted by Gasteiger charge is -2.26. The minimum Gasteiger partial charge on any atom is -0.312 e. The second kappa shape index (κ2) is 7.55. The largest absolute Gasteiger partial charge is 0.312 e. The van der Waals surface area contributed by atoms with Crippen molar-refractivity contribution in [3.05, 3.63) is 20.3 Å². The van der Waals surface area contributed by atoms with Crippen LogP contribution in [0.2, 0.25) is 0 Å². The molecule has 0 spiro atoms. The molecule has 0 aliphatic heterocycles. The molecule has 1 N–H and O–H groups in total. The number of thiophene rings is 1. The van der Waals surface area contributed by atoms with Crippen molar-refractivity contribution in [1.82, 2.24) is 5.32 Å². The van der Waals surface area contributed by atoms with Crippen molar-refractivity contribution in [2.24, 2.45) is 5.92 Å². The van der Waals surface area contributed by atoms with Gasteiger partial charge in [-0.1, -0.05) is 26.7 Å². The van der Waals surface area contributed by atoms with Gasteiger partial charge in [0.2, 0.25) is 0 Å². The van der Waals surface area contributed by atoms with Gasteiger partial charge in [0.15, 0.2) is 0 Å². The first-order valence-corrected chi connectivity index (χ1v) is 8.18. The summed E-state index contributed by atoms with van der Waals surface area (Å²) in [5.41, 5.74) is 0. The third kappa shape index (κ3) is 4.08. The highest BCUT2D eigenvalue weighted by molar-refractivity contribution is 9.10. The van der Waals surface area contributed by atoms with Gasteiger partial charge in [-0.3, -0.25) is 0 Å². The molecule has 0 aromatic carbocycles. The van der Waals surface area contributed by atoms with Crippen LogP contribution >= 0.6 is 27.3 Å². The Morgan fingerprint density at radius 3 is 2.24 bits per heavy atom. The van der Waals surface area contributed by atoms with Gasteiger partial charge in [-0.2, -0.15) is 0 Å². The second-order valence-electron chi connectivity index (χ2n) is 4.67. The maximum absolute atomic E-state index is 3.70. The van der Waals surface area contributed by atoms with Crippen molar-refractivity contribution in [3.8, 4) is 0 Å². The number of halogens is 1. The molecule has 1 rings (SSSR count). The molecule has 17 heavy (non-hydrogen) atoms. The van der Waals surface area contributed by atoms with Crippen molar-refractivity contribution in [3.63, 3.8) is 0 Å². The first-order valence-electron chi connectivity index (χ1n) is 6.57. The van der Waals surface area contributed by atoms with Crippen LogP contribution in [0, 0.1) is 12.8 Å². The smallest absolute Gasteiger partial charge is 0.0452 e. The van der Waals surface area contributed by atoms with Crippen molar-refractivity contribution >= 4 is 27.3 Å². The van der Waals surface area contributed by atoms with Crippen LogP contribution in [-0.2, 0) is 0 Å². The van der Waals surface area contributed by atoms with E-state index in [-0.39, 0.29) is 0 Å². The molecule has 0 radical (unpaired) electrons. The average Bonchev–Trinajstić information content (AvgIpc) is 2.60. The lowest BCUT2D eigenvalue weighted by molar-refractivity contribution is 0.334. The van der Waals surface area contributed by atoms with Crippen LogP contribution in [0.25, 0.3) is 0 Å². The fourth-order valence-corrected chi connectivity index (χ4v) is 4.62. The highest BCUT2D eigenvalue weighted by Gasteiger charge is 2.23. The Bertz CT molecular complexity index is 329. The Balaban J connectivity index is 2.90. The lowest BCUT2D eigenvalue weighted by Crippen LogP contribution is -2.24. The maximum atomic E-state index is 3.70. The molecular formula is C14H24BrNS. The monoisotopic (exact) mass is 317 g/mol. The SMILES string of the molecule is CCCC(CCC)C(NC)c1sc(C)cc1Br. The summed E-state index contributed by atoms with van der Waals surface area (Å²) in [5, 5.41) is 3.52. The number of hydrogen-bond donors (Lipinski definition) is 1. The maximum Gasteiger partial charge on any atom is 0.0452 e. The normalized spacial score (nSPS) is 13.3. The summed E-state index contributed by atoms with van der Waals surface area (Å²) >= 11 is 5.62. The molecule has 1 unspecified atom stereocenters. The van der Waals surface area contributed by atoms with Gasteiger partial charge in [0.05, 0.1) is 0 Å². The van der Waals surface area contributed by atoms with E-state index in [1.807, 2.05) is 11.3 Å². The summed E-state index contributed by atoms with van der Waals surface area (Å²) in [5.74, 6) is 0.754. The molecule has 3 heteroatoms. The van der Waals surface area contributed by atoms with E-state index >= 15 is 0 Å². The molecule has 0 saturated carbocycles. The molecular weight excluding hydrogens is 294 g/mol. The molecule has 0 amide bonds. The zero-order valence-corrected chi connectivity index (χ0v) is 13.7. The number of hydrogen-bond acceptors (Lipinski definition) is 2. The Hall–Kier alpha value is 0.140. The summed E-state index contributed by atoms with van der Waals surface area (Å²) in [6.07, 6.45) is 5.15. The van der Waals surface area contributed by atoms with Gasteiger partial charge in [0, 0.05) is 20.3 Å². The van der Waals surface area contributed by atoms with Gasteiger partial charge in [0.25, 0.3) is 0 Å². The van der Waals surface area contributed by atoms with Gasteiger partial charge >= 0.3 is 0 Å². The molecule has 1 aromatic heterocycles. The molecule has 0 aliphatic rings. The molecule has 1 nitrogen and oxygen atoms in total. The minimum atomic E-state index is 0.503. The molecule has 1 atom stereocenters. The van der Waals surface area contributed by atoms with E-state index in [4.69, 9.17) is 0 Å². The van der Waals surface area contributed by atoms with E-state index < -0.39 is 0 Å². The highest BCUT2D eigenvalue weighted by Crippen LogP contribution is 2.38. The minimum absolute atomic E-state index is 0.503. The van der Waals surface area contributed by atoms with Crippen molar-refractivity contribution in [2.75, 3.05) is 7.05 Å². The number of nitrogens with one attached hydrogen (secondary N) is 1. The summed E-state index contributed by atoms with van der Waals surface area (Å²) in [6, 6.07) is 2.74. The molecule has 1 aromatic rings. The Morgan fingerprint density at radius 1 is 1.29 bits per heavy atom. The zero-order valence-electron chi connectivity index (χ0n) is 11.3. The molecule has 0 saturated heterocycles. The molecule has 98 valence electrons. The van der Waals surface area contributed by atoms with E-state index in [1.54, 1.807) is 0 Å². The van der Waals surface area contributed by atoms with Crippen LogP contribution in [0.3, 0.4) is 0 Å². The average molecular weight is 318 g/mol. The van der Waals surface area contributed by atoms with E-state index in [0.29, 0.717) is 6.04 Å².